The van der Waals surface area contributed by atoms with Gasteiger partial charge in [0.25, 0.3) is 0 Å². The normalized spacial score (nSPS) is 23.7. The molecular weight excluding hydrogens is 362 g/mol. The van der Waals surface area contributed by atoms with E-state index in [4.69, 9.17) is 4.74 Å². The third-order valence-corrected chi connectivity index (χ3v) is 6.70. The molecule has 6 nitrogen and oxygen atoms in total. The SMILES string of the molecule is c1cc(OC2CCCC2)ccc1CN1CCCC(c2nnc3n2CCNCC3)C1. The number of aromatic nitrogens is 3. The molecule has 0 amide bonds. The van der Waals surface area contributed by atoms with Crippen LogP contribution in [0.25, 0.3) is 0 Å². The van der Waals surface area contributed by atoms with E-state index in [1.54, 1.807) is 0 Å². The molecule has 1 aliphatic carbocycles. The van der Waals surface area contributed by atoms with E-state index in [1.165, 1.54) is 56.5 Å². The number of likely N-dealkylation sites (tertiary alicyclic amines) is 1. The second-order valence-corrected chi connectivity index (χ2v) is 8.87. The third-order valence-electron chi connectivity index (χ3n) is 6.70. The Labute approximate surface area is 173 Å². The van der Waals surface area contributed by atoms with Gasteiger partial charge in [0.1, 0.15) is 17.4 Å². The minimum absolute atomic E-state index is 0.428. The summed E-state index contributed by atoms with van der Waals surface area (Å²) in [4.78, 5) is 2.58. The summed E-state index contributed by atoms with van der Waals surface area (Å²) >= 11 is 0. The van der Waals surface area contributed by atoms with Crippen molar-refractivity contribution in [3.8, 4) is 5.75 Å². The van der Waals surface area contributed by atoms with Crippen molar-refractivity contribution >= 4 is 0 Å². The van der Waals surface area contributed by atoms with Gasteiger partial charge in [-0.2, -0.15) is 0 Å². The maximum absolute atomic E-state index is 6.11. The first-order valence-electron chi connectivity index (χ1n) is 11.5. The predicted molar refractivity (Wildman–Crippen MR) is 113 cm³/mol. The van der Waals surface area contributed by atoms with Crippen LogP contribution in [0.15, 0.2) is 24.3 Å². The Morgan fingerprint density at radius 1 is 0.966 bits per heavy atom. The molecule has 2 aliphatic heterocycles. The van der Waals surface area contributed by atoms with Gasteiger partial charge in [0.2, 0.25) is 0 Å². The fourth-order valence-electron chi connectivity index (χ4n) is 5.14. The van der Waals surface area contributed by atoms with E-state index in [0.29, 0.717) is 12.0 Å². The van der Waals surface area contributed by atoms with E-state index in [0.717, 1.165) is 50.7 Å². The van der Waals surface area contributed by atoms with Crippen LogP contribution < -0.4 is 10.1 Å². The number of fused-ring (bicyclic) bond motifs is 1. The molecule has 6 heteroatoms. The fourth-order valence-corrected chi connectivity index (χ4v) is 5.14. The van der Waals surface area contributed by atoms with Crippen LogP contribution in [-0.4, -0.2) is 51.9 Å². The molecule has 2 aromatic rings. The van der Waals surface area contributed by atoms with Gasteiger partial charge >= 0.3 is 0 Å². The highest BCUT2D eigenvalue weighted by atomic mass is 16.5. The molecule has 0 bridgehead atoms. The Balaban J connectivity index is 1.21. The molecule has 1 unspecified atom stereocenters. The lowest BCUT2D eigenvalue weighted by molar-refractivity contribution is 0.194. The molecule has 156 valence electrons. The lowest BCUT2D eigenvalue weighted by Gasteiger charge is -2.32. The van der Waals surface area contributed by atoms with E-state index in [9.17, 15) is 0 Å². The van der Waals surface area contributed by atoms with Crippen molar-refractivity contribution in [3.05, 3.63) is 41.5 Å². The molecule has 1 atom stereocenters. The van der Waals surface area contributed by atoms with Crippen LogP contribution in [0.2, 0.25) is 0 Å². The van der Waals surface area contributed by atoms with Gasteiger partial charge in [-0.05, 0) is 62.8 Å². The molecule has 0 radical (unpaired) electrons. The number of ether oxygens (including phenoxy) is 1. The molecule has 29 heavy (non-hydrogen) atoms. The minimum atomic E-state index is 0.428. The van der Waals surface area contributed by atoms with Gasteiger partial charge < -0.3 is 14.6 Å². The third kappa shape index (κ3) is 4.48. The summed E-state index contributed by atoms with van der Waals surface area (Å²) < 4.78 is 8.49. The van der Waals surface area contributed by atoms with Crippen molar-refractivity contribution in [2.75, 3.05) is 26.2 Å². The number of piperidine rings is 1. The zero-order valence-electron chi connectivity index (χ0n) is 17.4. The lowest BCUT2D eigenvalue weighted by Crippen LogP contribution is -2.35. The molecule has 1 N–H and O–H groups in total. The van der Waals surface area contributed by atoms with Gasteiger partial charge in [-0.1, -0.05) is 12.1 Å². The second-order valence-electron chi connectivity index (χ2n) is 8.87. The van der Waals surface area contributed by atoms with Gasteiger partial charge in [0, 0.05) is 45.1 Å². The quantitative estimate of drug-likeness (QED) is 0.843. The van der Waals surface area contributed by atoms with Crippen LogP contribution in [-0.2, 0) is 19.5 Å². The lowest BCUT2D eigenvalue weighted by atomic mass is 9.96. The van der Waals surface area contributed by atoms with Gasteiger partial charge in [-0.25, -0.2) is 0 Å². The van der Waals surface area contributed by atoms with Gasteiger partial charge in [-0.3, -0.25) is 4.90 Å². The zero-order chi connectivity index (χ0) is 19.5. The molecule has 3 heterocycles. The molecule has 0 spiro atoms. The van der Waals surface area contributed by atoms with Crippen LogP contribution in [0.1, 0.15) is 61.7 Å². The van der Waals surface area contributed by atoms with E-state index in [1.807, 2.05) is 0 Å². The largest absolute Gasteiger partial charge is 0.490 e. The molecule has 1 aromatic carbocycles. The van der Waals surface area contributed by atoms with Crippen LogP contribution in [0.5, 0.6) is 5.75 Å². The molecule has 1 saturated carbocycles. The van der Waals surface area contributed by atoms with E-state index in [2.05, 4.69) is 49.2 Å². The Hall–Kier alpha value is -1.92. The van der Waals surface area contributed by atoms with Crippen molar-refractivity contribution in [3.63, 3.8) is 0 Å². The Bertz CT molecular complexity index is 796. The van der Waals surface area contributed by atoms with E-state index >= 15 is 0 Å². The van der Waals surface area contributed by atoms with Crippen molar-refractivity contribution in [2.24, 2.45) is 0 Å². The topological polar surface area (TPSA) is 55.2 Å². The monoisotopic (exact) mass is 395 g/mol. The highest BCUT2D eigenvalue weighted by Crippen LogP contribution is 2.28. The second kappa shape index (κ2) is 8.84. The van der Waals surface area contributed by atoms with Crippen LogP contribution in [0.4, 0.5) is 0 Å². The standard InChI is InChI=1S/C23H33N5O/c1-2-6-20(5-1)29-21-9-7-18(8-10-21)16-27-14-3-4-19(17-27)23-26-25-22-11-12-24-13-15-28(22)23/h7-10,19-20,24H,1-6,11-17H2. The van der Waals surface area contributed by atoms with Gasteiger partial charge in [-0.15, -0.1) is 10.2 Å². The molecule has 1 aromatic heterocycles. The smallest absolute Gasteiger partial charge is 0.137 e. The molecule has 2 fully saturated rings. The Morgan fingerprint density at radius 3 is 2.69 bits per heavy atom. The Kier molecular flexibility index (Phi) is 5.81. The number of benzene rings is 1. The van der Waals surface area contributed by atoms with E-state index < -0.39 is 0 Å². The molecule has 3 aliphatic rings. The van der Waals surface area contributed by atoms with Crippen molar-refractivity contribution in [1.29, 1.82) is 0 Å². The summed E-state index contributed by atoms with van der Waals surface area (Å²) in [6.07, 6.45) is 8.90. The van der Waals surface area contributed by atoms with Gasteiger partial charge in [0.05, 0.1) is 6.10 Å². The van der Waals surface area contributed by atoms with Crippen LogP contribution in [0.3, 0.4) is 0 Å². The van der Waals surface area contributed by atoms with Crippen LogP contribution >= 0.6 is 0 Å². The summed E-state index contributed by atoms with van der Waals surface area (Å²) in [5.74, 6) is 3.87. The zero-order valence-corrected chi connectivity index (χ0v) is 17.4. The fraction of sp³-hybridized carbons (Fsp3) is 0.652. The predicted octanol–water partition coefficient (Wildman–Crippen LogP) is 3.12. The van der Waals surface area contributed by atoms with Crippen molar-refractivity contribution in [1.82, 2.24) is 25.0 Å². The summed E-state index contributed by atoms with van der Waals surface area (Å²) in [6.45, 7) is 6.27. The highest BCUT2D eigenvalue weighted by Gasteiger charge is 2.27. The van der Waals surface area contributed by atoms with E-state index in [-0.39, 0.29) is 0 Å². The van der Waals surface area contributed by atoms with Crippen molar-refractivity contribution in [2.45, 2.75) is 70.1 Å². The van der Waals surface area contributed by atoms with Crippen molar-refractivity contribution < 1.29 is 4.74 Å². The minimum Gasteiger partial charge on any atom is -0.490 e. The maximum Gasteiger partial charge on any atom is 0.137 e. The number of nitrogens with one attached hydrogen (secondary N) is 1. The highest BCUT2D eigenvalue weighted by molar-refractivity contribution is 5.27. The first kappa shape index (κ1) is 19.1. The average Bonchev–Trinajstić information content (AvgIpc) is 3.34. The summed E-state index contributed by atoms with van der Waals surface area (Å²) in [7, 11) is 0. The average molecular weight is 396 g/mol. The summed E-state index contributed by atoms with van der Waals surface area (Å²) in [5, 5.41) is 12.6. The Morgan fingerprint density at radius 2 is 1.83 bits per heavy atom. The maximum atomic E-state index is 6.11. The first-order chi connectivity index (χ1) is 14.3. The molecule has 5 rings (SSSR count). The summed E-state index contributed by atoms with van der Waals surface area (Å²) in [5.41, 5.74) is 1.37. The number of hydrogen-bond acceptors (Lipinski definition) is 5. The van der Waals surface area contributed by atoms with Gasteiger partial charge in [0.15, 0.2) is 0 Å². The summed E-state index contributed by atoms with van der Waals surface area (Å²) in [6, 6.07) is 8.78. The molecule has 1 saturated heterocycles. The molecular formula is C23H33N5O. The first-order valence-corrected chi connectivity index (χ1v) is 11.5. The number of hydrogen-bond donors (Lipinski definition) is 1. The number of rotatable bonds is 5. The van der Waals surface area contributed by atoms with Crippen LogP contribution in [0, 0.1) is 0 Å². The number of nitrogens with zero attached hydrogens (tertiary/aromatic N) is 4.